The van der Waals surface area contributed by atoms with Crippen molar-refractivity contribution in [3.63, 3.8) is 0 Å². The Morgan fingerprint density at radius 2 is 1.82 bits per heavy atom. The molecule has 0 aliphatic heterocycles. The van der Waals surface area contributed by atoms with Crippen LogP contribution < -0.4 is 9.47 Å². The Bertz CT molecular complexity index is 641. The minimum Gasteiger partial charge on any atom is -0.493 e. The standard InChI is InChI=1S/C17H17FO4/c1-20-15(19)10-13-8-9-14(16(18)17(13)21-2)22-11-12-6-4-3-5-7-12/h3-9H,10-11H2,1-2H3. The highest BCUT2D eigenvalue weighted by atomic mass is 19.1. The summed E-state index contributed by atoms with van der Waals surface area (Å²) in [6, 6.07) is 12.5. The molecule has 5 heteroatoms. The van der Waals surface area contributed by atoms with Crippen molar-refractivity contribution in [3.05, 3.63) is 59.4 Å². The molecule has 0 atom stereocenters. The Kier molecular flexibility index (Phi) is 5.36. The maximum Gasteiger partial charge on any atom is 0.310 e. The lowest BCUT2D eigenvalue weighted by Gasteiger charge is -2.13. The first-order chi connectivity index (χ1) is 10.7. The number of halogens is 1. The van der Waals surface area contributed by atoms with E-state index in [9.17, 15) is 9.18 Å². The summed E-state index contributed by atoms with van der Waals surface area (Å²) in [6.45, 7) is 0.247. The smallest absolute Gasteiger partial charge is 0.310 e. The molecule has 0 saturated carbocycles. The van der Waals surface area contributed by atoms with Gasteiger partial charge in [-0.15, -0.1) is 0 Å². The Balaban J connectivity index is 2.17. The molecule has 0 unspecified atom stereocenters. The maximum absolute atomic E-state index is 14.4. The van der Waals surface area contributed by atoms with Gasteiger partial charge in [-0.25, -0.2) is 0 Å². The van der Waals surface area contributed by atoms with Crippen molar-refractivity contribution < 1.29 is 23.4 Å². The number of carbonyl (C=O) groups excluding carboxylic acids is 1. The van der Waals surface area contributed by atoms with Gasteiger partial charge in [-0.05, 0) is 11.6 Å². The van der Waals surface area contributed by atoms with Crippen molar-refractivity contribution in [1.82, 2.24) is 0 Å². The molecule has 0 N–H and O–H groups in total. The molecule has 116 valence electrons. The van der Waals surface area contributed by atoms with Crippen LogP contribution in [0.2, 0.25) is 0 Å². The quantitative estimate of drug-likeness (QED) is 0.769. The zero-order valence-electron chi connectivity index (χ0n) is 12.5. The van der Waals surface area contributed by atoms with E-state index in [2.05, 4.69) is 4.74 Å². The van der Waals surface area contributed by atoms with Gasteiger partial charge < -0.3 is 14.2 Å². The third-order valence-corrected chi connectivity index (χ3v) is 3.15. The molecule has 22 heavy (non-hydrogen) atoms. The number of benzene rings is 2. The Labute approximate surface area is 128 Å². The largest absolute Gasteiger partial charge is 0.493 e. The summed E-state index contributed by atoms with van der Waals surface area (Å²) >= 11 is 0. The Morgan fingerprint density at radius 1 is 1.09 bits per heavy atom. The normalized spacial score (nSPS) is 10.1. The van der Waals surface area contributed by atoms with E-state index in [4.69, 9.17) is 9.47 Å². The van der Waals surface area contributed by atoms with Gasteiger partial charge in [0.25, 0.3) is 0 Å². The monoisotopic (exact) mass is 304 g/mol. The van der Waals surface area contributed by atoms with Crippen molar-refractivity contribution in [3.8, 4) is 11.5 Å². The maximum atomic E-state index is 14.4. The molecule has 0 aliphatic rings. The molecule has 0 radical (unpaired) electrons. The lowest BCUT2D eigenvalue weighted by molar-refractivity contribution is -0.139. The van der Waals surface area contributed by atoms with Crippen molar-refractivity contribution in [2.75, 3.05) is 14.2 Å². The molecular weight excluding hydrogens is 287 g/mol. The van der Waals surface area contributed by atoms with Crippen LogP contribution in [0.3, 0.4) is 0 Å². The van der Waals surface area contributed by atoms with Gasteiger partial charge in [0.2, 0.25) is 5.82 Å². The van der Waals surface area contributed by atoms with Crippen LogP contribution in [0.5, 0.6) is 11.5 Å². The van der Waals surface area contributed by atoms with Crippen molar-refractivity contribution >= 4 is 5.97 Å². The molecule has 0 spiro atoms. The number of ether oxygens (including phenoxy) is 3. The van der Waals surface area contributed by atoms with Crippen LogP contribution >= 0.6 is 0 Å². The predicted octanol–water partition coefficient (Wildman–Crippen LogP) is 3.13. The average molecular weight is 304 g/mol. The number of rotatable bonds is 6. The van der Waals surface area contributed by atoms with Crippen molar-refractivity contribution in [2.45, 2.75) is 13.0 Å². The van der Waals surface area contributed by atoms with Gasteiger partial charge in [-0.1, -0.05) is 36.4 Å². The van der Waals surface area contributed by atoms with E-state index in [1.165, 1.54) is 20.3 Å². The number of methoxy groups -OCH3 is 2. The molecule has 0 fully saturated rings. The van der Waals surface area contributed by atoms with Crippen molar-refractivity contribution in [1.29, 1.82) is 0 Å². The minimum absolute atomic E-state index is 0.00374. The molecule has 0 heterocycles. The molecule has 0 aliphatic carbocycles. The first-order valence-electron chi connectivity index (χ1n) is 6.74. The van der Waals surface area contributed by atoms with Gasteiger partial charge in [0.15, 0.2) is 11.5 Å². The summed E-state index contributed by atoms with van der Waals surface area (Å²) in [6.07, 6.45) is -0.0600. The number of hydrogen-bond acceptors (Lipinski definition) is 4. The molecule has 0 saturated heterocycles. The van der Waals surface area contributed by atoms with Crippen LogP contribution in [0.4, 0.5) is 4.39 Å². The van der Waals surface area contributed by atoms with Gasteiger partial charge >= 0.3 is 5.97 Å². The van der Waals surface area contributed by atoms with E-state index in [0.29, 0.717) is 5.56 Å². The van der Waals surface area contributed by atoms with Crippen LogP contribution in [0, 0.1) is 5.82 Å². The summed E-state index contributed by atoms with van der Waals surface area (Å²) in [7, 11) is 2.63. The summed E-state index contributed by atoms with van der Waals surface area (Å²) in [5.74, 6) is -1.01. The fourth-order valence-corrected chi connectivity index (χ4v) is 2.01. The molecule has 2 rings (SSSR count). The number of esters is 1. The topological polar surface area (TPSA) is 44.8 Å². The summed E-state index contributed by atoms with van der Waals surface area (Å²) in [4.78, 5) is 11.3. The zero-order valence-corrected chi connectivity index (χ0v) is 12.5. The fraction of sp³-hybridized carbons (Fsp3) is 0.235. The average Bonchev–Trinajstić information content (AvgIpc) is 2.55. The molecule has 4 nitrogen and oxygen atoms in total. The zero-order chi connectivity index (χ0) is 15.9. The van der Waals surface area contributed by atoms with E-state index in [1.807, 2.05) is 30.3 Å². The van der Waals surface area contributed by atoms with E-state index >= 15 is 0 Å². The SMILES string of the molecule is COC(=O)Cc1ccc(OCc2ccccc2)c(F)c1OC. The first-order valence-corrected chi connectivity index (χ1v) is 6.74. The third-order valence-electron chi connectivity index (χ3n) is 3.15. The second-order valence-corrected chi connectivity index (χ2v) is 4.60. The van der Waals surface area contributed by atoms with E-state index < -0.39 is 11.8 Å². The van der Waals surface area contributed by atoms with Gasteiger partial charge in [0.1, 0.15) is 6.61 Å². The first kappa shape index (κ1) is 15.8. The van der Waals surface area contributed by atoms with Gasteiger partial charge in [0, 0.05) is 5.56 Å². The highest BCUT2D eigenvalue weighted by Crippen LogP contribution is 2.31. The second-order valence-electron chi connectivity index (χ2n) is 4.60. The second kappa shape index (κ2) is 7.45. The van der Waals surface area contributed by atoms with Gasteiger partial charge in [0.05, 0.1) is 20.6 Å². The third kappa shape index (κ3) is 3.75. The van der Waals surface area contributed by atoms with Crippen LogP contribution in [-0.4, -0.2) is 20.2 Å². The van der Waals surface area contributed by atoms with E-state index in [0.717, 1.165) is 5.56 Å². The predicted molar refractivity (Wildman–Crippen MR) is 79.4 cm³/mol. The Morgan fingerprint density at radius 3 is 2.45 bits per heavy atom. The van der Waals surface area contributed by atoms with Crippen LogP contribution in [0.25, 0.3) is 0 Å². The summed E-state index contributed by atoms with van der Waals surface area (Å²) < 4.78 is 29.5. The minimum atomic E-state index is -0.625. The number of hydrogen-bond donors (Lipinski definition) is 0. The summed E-state index contributed by atoms with van der Waals surface area (Å²) in [5.41, 5.74) is 1.35. The van der Waals surface area contributed by atoms with Gasteiger partial charge in [-0.3, -0.25) is 4.79 Å². The molecule has 0 aromatic heterocycles. The van der Waals surface area contributed by atoms with E-state index in [1.54, 1.807) is 6.07 Å². The molecule has 2 aromatic carbocycles. The van der Waals surface area contributed by atoms with Gasteiger partial charge in [-0.2, -0.15) is 4.39 Å². The number of carbonyl (C=O) groups is 1. The summed E-state index contributed by atoms with van der Waals surface area (Å²) in [5, 5.41) is 0. The molecule has 0 amide bonds. The lowest BCUT2D eigenvalue weighted by Crippen LogP contribution is -2.07. The molecule has 0 bridgehead atoms. The molecular formula is C17H17FO4. The van der Waals surface area contributed by atoms with E-state index in [-0.39, 0.29) is 24.5 Å². The van der Waals surface area contributed by atoms with Crippen molar-refractivity contribution in [2.24, 2.45) is 0 Å². The van der Waals surface area contributed by atoms with Crippen LogP contribution in [0.1, 0.15) is 11.1 Å². The fourth-order valence-electron chi connectivity index (χ4n) is 2.01. The lowest BCUT2D eigenvalue weighted by atomic mass is 10.1. The highest BCUT2D eigenvalue weighted by Gasteiger charge is 2.17. The van der Waals surface area contributed by atoms with Crippen LogP contribution in [-0.2, 0) is 22.6 Å². The highest BCUT2D eigenvalue weighted by molar-refractivity contribution is 5.73. The Hall–Kier alpha value is -2.56. The molecule has 2 aromatic rings. The van der Waals surface area contributed by atoms with Crippen LogP contribution in [0.15, 0.2) is 42.5 Å².